The van der Waals surface area contributed by atoms with Crippen LogP contribution in [0.3, 0.4) is 0 Å². The summed E-state index contributed by atoms with van der Waals surface area (Å²) >= 11 is 0. The van der Waals surface area contributed by atoms with E-state index in [9.17, 15) is 14.4 Å². The monoisotopic (exact) mass is 459 g/mol. The largest absolute Gasteiger partial charge is 0.454 e. The zero-order valence-electron chi connectivity index (χ0n) is 18.5. The standard InChI is InChI=1S/C27H25NO6/c29-16-24(31)21-9-6-19(7-10-21)13-23(30)22(12-18-4-2-1-3-5-18)28-27(32)15-20-8-11-25-26(14-20)34-17-33-25/h1-11,14,22,29H,12-13,15-17H2,(H,28,32)/t22-/m0/s1. The van der Waals surface area contributed by atoms with Crippen molar-refractivity contribution in [2.45, 2.75) is 25.3 Å². The summed E-state index contributed by atoms with van der Waals surface area (Å²) in [7, 11) is 0. The molecule has 0 bridgehead atoms. The van der Waals surface area contributed by atoms with Crippen LogP contribution >= 0.6 is 0 Å². The number of aliphatic hydroxyl groups excluding tert-OH is 1. The van der Waals surface area contributed by atoms with E-state index in [0.29, 0.717) is 23.5 Å². The quantitative estimate of drug-likeness (QED) is 0.452. The lowest BCUT2D eigenvalue weighted by molar-refractivity contribution is -0.127. The summed E-state index contributed by atoms with van der Waals surface area (Å²) in [6.45, 7) is -0.402. The van der Waals surface area contributed by atoms with Crippen LogP contribution in [-0.2, 0) is 28.9 Å². The van der Waals surface area contributed by atoms with Gasteiger partial charge < -0.3 is 19.9 Å². The molecule has 1 atom stereocenters. The van der Waals surface area contributed by atoms with Crippen LogP contribution in [0.1, 0.15) is 27.0 Å². The van der Waals surface area contributed by atoms with Gasteiger partial charge in [0.25, 0.3) is 0 Å². The summed E-state index contributed by atoms with van der Waals surface area (Å²) in [5.41, 5.74) is 2.81. The van der Waals surface area contributed by atoms with Crippen molar-refractivity contribution in [2.24, 2.45) is 0 Å². The van der Waals surface area contributed by atoms with Gasteiger partial charge in [0.2, 0.25) is 12.7 Å². The van der Waals surface area contributed by atoms with Gasteiger partial charge in [-0.15, -0.1) is 0 Å². The van der Waals surface area contributed by atoms with Gasteiger partial charge in [-0.3, -0.25) is 14.4 Å². The van der Waals surface area contributed by atoms with Gasteiger partial charge in [0, 0.05) is 12.0 Å². The fraction of sp³-hybridized carbons (Fsp3) is 0.222. The number of hydrogen-bond acceptors (Lipinski definition) is 6. The number of benzene rings is 3. The molecule has 1 heterocycles. The van der Waals surface area contributed by atoms with E-state index in [2.05, 4.69) is 5.32 Å². The average molecular weight is 459 g/mol. The van der Waals surface area contributed by atoms with Crippen LogP contribution in [0.2, 0.25) is 0 Å². The normalized spacial score (nSPS) is 12.7. The van der Waals surface area contributed by atoms with Crippen LogP contribution in [0, 0.1) is 0 Å². The van der Waals surface area contributed by atoms with E-state index in [4.69, 9.17) is 14.6 Å². The Hall–Kier alpha value is -3.97. The molecule has 7 nitrogen and oxygen atoms in total. The Labute approximate surface area is 197 Å². The lowest BCUT2D eigenvalue weighted by Gasteiger charge is -2.18. The topological polar surface area (TPSA) is 102 Å². The predicted octanol–water partition coefficient (Wildman–Crippen LogP) is 2.67. The van der Waals surface area contributed by atoms with Crippen molar-refractivity contribution in [1.29, 1.82) is 0 Å². The number of Topliss-reactive ketones (excluding diaryl/α,β-unsaturated/α-hetero) is 2. The molecule has 0 aliphatic carbocycles. The highest BCUT2D eigenvalue weighted by Gasteiger charge is 2.22. The molecule has 4 rings (SSSR count). The van der Waals surface area contributed by atoms with Gasteiger partial charge in [-0.05, 0) is 35.2 Å². The van der Waals surface area contributed by atoms with E-state index in [-0.39, 0.29) is 37.1 Å². The highest BCUT2D eigenvalue weighted by atomic mass is 16.7. The number of nitrogens with one attached hydrogen (secondary N) is 1. The van der Waals surface area contributed by atoms with Crippen molar-refractivity contribution in [2.75, 3.05) is 13.4 Å². The Kier molecular flexibility index (Phi) is 7.34. The van der Waals surface area contributed by atoms with Crippen LogP contribution < -0.4 is 14.8 Å². The number of fused-ring (bicyclic) bond motifs is 1. The summed E-state index contributed by atoms with van der Waals surface area (Å²) in [4.78, 5) is 37.6. The fourth-order valence-corrected chi connectivity index (χ4v) is 3.80. The zero-order valence-corrected chi connectivity index (χ0v) is 18.5. The van der Waals surface area contributed by atoms with E-state index in [1.807, 2.05) is 30.3 Å². The van der Waals surface area contributed by atoms with Gasteiger partial charge in [-0.2, -0.15) is 0 Å². The minimum Gasteiger partial charge on any atom is -0.454 e. The third-order valence-corrected chi connectivity index (χ3v) is 5.61. The molecule has 0 aromatic heterocycles. The molecule has 1 amide bonds. The third-order valence-electron chi connectivity index (χ3n) is 5.61. The van der Waals surface area contributed by atoms with Crippen molar-refractivity contribution in [1.82, 2.24) is 5.32 Å². The highest BCUT2D eigenvalue weighted by Crippen LogP contribution is 2.32. The fourth-order valence-electron chi connectivity index (χ4n) is 3.80. The van der Waals surface area contributed by atoms with Gasteiger partial charge in [-0.1, -0.05) is 60.7 Å². The van der Waals surface area contributed by atoms with Crippen LogP contribution in [-0.4, -0.2) is 42.0 Å². The molecule has 174 valence electrons. The van der Waals surface area contributed by atoms with Gasteiger partial charge in [0.1, 0.15) is 6.61 Å². The second-order valence-electron chi connectivity index (χ2n) is 8.10. The van der Waals surface area contributed by atoms with E-state index in [1.54, 1.807) is 42.5 Å². The molecule has 1 aliphatic heterocycles. The van der Waals surface area contributed by atoms with Crippen molar-refractivity contribution >= 4 is 17.5 Å². The molecule has 34 heavy (non-hydrogen) atoms. The van der Waals surface area contributed by atoms with Crippen LogP contribution in [0.15, 0.2) is 72.8 Å². The van der Waals surface area contributed by atoms with Crippen LogP contribution in [0.4, 0.5) is 0 Å². The van der Waals surface area contributed by atoms with Crippen LogP contribution in [0.25, 0.3) is 0 Å². The minimum atomic E-state index is -0.706. The van der Waals surface area contributed by atoms with Gasteiger partial charge in [-0.25, -0.2) is 0 Å². The van der Waals surface area contributed by atoms with Gasteiger partial charge in [0.15, 0.2) is 23.1 Å². The van der Waals surface area contributed by atoms with Crippen molar-refractivity contribution in [3.63, 3.8) is 0 Å². The first-order valence-electron chi connectivity index (χ1n) is 11.0. The summed E-state index contributed by atoms with van der Waals surface area (Å²) in [6.07, 6.45) is 0.580. The molecule has 0 saturated heterocycles. The summed E-state index contributed by atoms with van der Waals surface area (Å²) < 4.78 is 10.7. The van der Waals surface area contributed by atoms with Crippen molar-refractivity contribution in [3.8, 4) is 11.5 Å². The summed E-state index contributed by atoms with van der Waals surface area (Å²) in [6, 6.07) is 20.7. The van der Waals surface area contributed by atoms with E-state index < -0.39 is 12.6 Å². The first-order chi connectivity index (χ1) is 16.5. The zero-order chi connectivity index (χ0) is 23.9. The lowest BCUT2D eigenvalue weighted by Crippen LogP contribution is -2.43. The number of rotatable bonds is 10. The maximum atomic E-state index is 13.2. The smallest absolute Gasteiger partial charge is 0.231 e. The van der Waals surface area contributed by atoms with Gasteiger partial charge >= 0.3 is 0 Å². The first kappa shape index (κ1) is 23.2. The number of hydrogen-bond donors (Lipinski definition) is 2. The predicted molar refractivity (Wildman–Crippen MR) is 125 cm³/mol. The molecule has 3 aromatic carbocycles. The average Bonchev–Trinajstić information content (AvgIpc) is 3.32. The maximum Gasteiger partial charge on any atom is 0.231 e. The highest BCUT2D eigenvalue weighted by molar-refractivity contribution is 5.97. The van der Waals surface area contributed by atoms with Crippen molar-refractivity contribution in [3.05, 3.63) is 95.1 Å². The lowest BCUT2D eigenvalue weighted by atomic mass is 9.96. The molecule has 3 aromatic rings. The van der Waals surface area contributed by atoms with Crippen molar-refractivity contribution < 1.29 is 29.0 Å². The van der Waals surface area contributed by atoms with E-state index >= 15 is 0 Å². The molecule has 0 radical (unpaired) electrons. The molecule has 7 heteroatoms. The molecule has 0 spiro atoms. The maximum absolute atomic E-state index is 13.2. The molecule has 2 N–H and O–H groups in total. The molecular weight excluding hydrogens is 434 g/mol. The number of ketones is 2. The number of carbonyl (C=O) groups is 3. The van der Waals surface area contributed by atoms with Crippen LogP contribution in [0.5, 0.6) is 11.5 Å². The molecule has 0 saturated carbocycles. The van der Waals surface area contributed by atoms with Gasteiger partial charge in [0.05, 0.1) is 12.5 Å². The number of aliphatic hydroxyl groups is 1. The molecule has 0 fully saturated rings. The molecule has 0 unspecified atom stereocenters. The number of amides is 1. The summed E-state index contributed by atoms with van der Waals surface area (Å²) in [5, 5.41) is 11.9. The third kappa shape index (κ3) is 5.88. The number of carbonyl (C=O) groups excluding carboxylic acids is 3. The SMILES string of the molecule is O=C(Cc1ccc2c(c1)OCO2)N[C@@H](Cc1ccccc1)C(=O)Cc1ccc(C(=O)CO)cc1. The minimum absolute atomic E-state index is 0.104. The Bertz CT molecular complexity index is 1170. The van der Waals surface area contributed by atoms with E-state index in [1.165, 1.54) is 0 Å². The summed E-state index contributed by atoms with van der Waals surface area (Å²) in [5.74, 6) is 0.468. The molecule has 1 aliphatic rings. The Morgan fingerprint density at radius 1 is 0.824 bits per heavy atom. The van der Waals surface area contributed by atoms with E-state index in [0.717, 1.165) is 16.7 Å². The Morgan fingerprint density at radius 3 is 2.26 bits per heavy atom. The molecular formula is C27H25NO6. The Morgan fingerprint density at radius 2 is 1.53 bits per heavy atom. The second-order valence-corrected chi connectivity index (χ2v) is 8.10. The number of ether oxygens (including phenoxy) is 2. The Balaban J connectivity index is 1.45. The first-order valence-corrected chi connectivity index (χ1v) is 11.0. The second kappa shape index (κ2) is 10.8.